The monoisotopic (exact) mass is 652 g/mol. The zero-order valence-corrected chi connectivity index (χ0v) is 28.2. The molecule has 0 N–H and O–H groups in total. The van der Waals surface area contributed by atoms with E-state index in [1.54, 1.807) is 0 Å². The summed E-state index contributed by atoms with van der Waals surface area (Å²) in [5.41, 5.74) is 15.2. The first-order valence-electron chi connectivity index (χ1n) is 17.8. The Balaban J connectivity index is 1.13. The van der Waals surface area contributed by atoms with E-state index in [4.69, 9.17) is 8.83 Å². The first-order valence-corrected chi connectivity index (χ1v) is 17.8. The number of hydrogen-bond donors (Lipinski definition) is 0. The smallest absolute Gasteiger partial charge is 0.136 e. The van der Waals surface area contributed by atoms with Gasteiger partial charge in [-0.3, -0.25) is 0 Å². The molecule has 11 rings (SSSR count). The number of allylic oxidation sites excluding steroid dienone is 1. The average molecular weight is 653 g/mol. The second-order valence-electron chi connectivity index (χ2n) is 14.0. The highest BCUT2D eigenvalue weighted by Gasteiger charge is 2.23. The molecule has 1 aliphatic rings. The van der Waals surface area contributed by atoms with Gasteiger partial charge in [0.2, 0.25) is 0 Å². The van der Waals surface area contributed by atoms with Gasteiger partial charge in [0.15, 0.2) is 0 Å². The number of furan rings is 2. The molecule has 8 aromatic carbocycles. The van der Waals surface area contributed by atoms with Crippen molar-refractivity contribution in [3.8, 4) is 33.4 Å². The third-order valence-electron chi connectivity index (χ3n) is 10.9. The first-order chi connectivity index (χ1) is 25.2. The van der Waals surface area contributed by atoms with Crippen molar-refractivity contribution in [2.24, 2.45) is 0 Å². The second kappa shape index (κ2) is 10.8. The summed E-state index contributed by atoms with van der Waals surface area (Å²) < 4.78 is 12.6. The fourth-order valence-electron chi connectivity index (χ4n) is 8.57. The van der Waals surface area contributed by atoms with Crippen molar-refractivity contribution < 1.29 is 8.83 Å². The quantitative estimate of drug-likeness (QED) is 0.190. The zero-order valence-electron chi connectivity index (χ0n) is 28.2. The molecule has 240 valence electrons. The summed E-state index contributed by atoms with van der Waals surface area (Å²) in [6.07, 6.45) is 6.73. The van der Waals surface area contributed by atoms with Gasteiger partial charge in [-0.25, -0.2) is 0 Å². The fourth-order valence-corrected chi connectivity index (χ4v) is 8.57. The van der Waals surface area contributed by atoms with Crippen LogP contribution in [0.4, 0.5) is 0 Å². The van der Waals surface area contributed by atoms with Gasteiger partial charge < -0.3 is 8.83 Å². The predicted octanol–water partition coefficient (Wildman–Crippen LogP) is 14.1. The van der Waals surface area contributed by atoms with Gasteiger partial charge in [-0.05, 0) is 134 Å². The van der Waals surface area contributed by atoms with Crippen LogP contribution in [-0.4, -0.2) is 0 Å². The van der Waals surface area contributed by atoms with Crippen LogP contribution in [0.15, 0.2) is 154 Å². The van der Waals surface area contributed by atoms with Crippen LogP contribution in [0.25, 0.3) is 105 Å². The number of rotatable bonds is 3. The Labute approximate surface area is 294 Å². The van der Waals surface area contributed by atoms with Gasteiger partial charge in [0.1, 0.15) is 22.3 Å². The normalized spacial score (nSPS) is 13.0. The Bertz CT molecular complexity index is 3090. The van der Waals surface area contributed by atoms with Gasteiger partial charge in [-0.15, -0.1) is 0 Å². The number of aryl methyl sites for hydroxylation is 1. The van der Waals surface area contributed by atoms with Gasteiger partial charge in [-0.1, -0.05) is 109 Å². The van der Waals surface area contributed by atoms with Crippen LogP contribution in [0.2, 0.25) is 0 Å². The Morgan fingerprint density at radius 3 is 2.00 bits per heavy atom. The minimum Gasteiger partial charge on any atom is -0.456 e. The van der Waals surface area contributed by atoms with Crippen molar-refractivity contribution in [2.75, 3.05) is 0 Å². The molecule has 0 atom stereocenters. The average Bonchev–Trinajstić information content (AvgIpc) is 3.73. The Morgan fingerprint density at radius 2 is 1.10 bits per heavy atom. The molecule has 0 fully saturated rings. The minimum absolute atomic E-state index is 0.920. The molecule has 0 aliphatic heterocycles. The van der Waals surface area contributed by atoms with Crippen LogP contribution in [0.1, 0.15) is 23.1 Å². The predicted molar refractivity (Wildman–Crippen MR) is 214 cm³/mol. The van der Waals surface area contributed by atoms with E-state index < -0.39 is 0 Å². The maximum absolute atomic E-state index is 6.41. The molecule has 0 amide bonds. The SMILES string of the molecule is Cc1ccc2c(-c3ccc4oc5cc6ccccc6cc5c4c3)c3c(c(-c4cccc(-c5ccc6oc7ccccc7c6c5)c4)c2c1)CCC=C3. The molecule has 2 heterocycles. The van der Waals surface area contributed by atoms with Crippen LogP contribution in [-0.2, 0) is 6.42 Å². The van der Waals surface area contributed by atoms with Gasteiger partial charge in [0.25, 0.3) is 0 Å². The standard InChI is InChI=1S/C49H32O2/c1-29-17-20-39-43(23-29)49(34-12-8-11-30(24-34)33-18-21-45-40(26-33)36-13-6-7-16-44(36)50-45)38-15-5-4-14-37(38)48(39)35-19-22-46-41(27-35)42-25-31-9-2-3-10-32(31)28-47(42)51-46/h2-4,6-14,16-28H,5,15H2,1H3. The van der Waals surface area contributed by atoms with Crippen LogP contribution in [0.3, 0.4) is 0 Å². The van der Waals surface area contributed by atoms with E-state index in [2.05, 4.69) is 146 Å². The lowest BCUT2D eigenvalue weighted by Crippen LogP contribution is -2.03. The third-order valence-corrected chi connectivity index (χ3v) is 10.9. The van der Waals surface area contributed by atoms with Crippen molar-refractivity contribution in [3.63, 3.8) is 0 Å². The van der Waals surface area contributed by atoms with Gasteiger partial charge >= 0.3 is 0 Å². The minimum atomic E-state index is 0.920. The summed E-state index contributed by atoms with van der Waals surface area (Å²) in [5.74, 6) is 0. The van der Waals surface area contributed by atoms with E-state index in [0.29, 0.717) is 0 Å². The van der Waals surface area contributed by atoms with Gasteiger partial charge in [0, 0.05) is 21.5 Å². The van der Waals surface area contributed by atoms with Crippen molar-refractivity contribution in [3.05, 3.63) is 162 Å². The van der Waals surface area contributed by atoms with Crippen molar-refractivity contribution in [2.45, 2.75) is 19.8 Å². The summed E-state index contributed by atoms with van der Waals surface area (Å²) in [6.45, 7) is 2.21. The molecular formula is C49H32O2. The molecular weight excluding hydrogens is 621 g/mol. The molecule has 0 saturated heterocycles. The van der Waals surface area contributed by atoms with Crippen LogP contribution in [0.5, 0.6) is 0 Å². The van der Waals surface area contributed by atoms with Crippen molar-refractivity contribution in [1.82, 2.24) is 0 Å². The number of fused-ring (bicyclic) bond motifs is 9. The summed E-state index contributed by atoms with van der Waals surface area (Å²) >= 11 is 0. The number of para-hydroxylation sites is 1. The Morgan fingerprint density at radius 1 is 0.431 bits per heavy atom. The Kier molecular flexibility index (Phi) is 6.03. The molecule has 0 bridgehead atoms. The summed E-state index contributed by atoms with van der Waals surface area (Å²) in [4.78, 5) is 0. The Hall–Kier alpha value is -6.38. The third kappa shape index (κ3) is 4.36. The van der Waals surface area contributed by atoms with E-state index in [1.165, 1.54) is 71.6 Å². The van der Waals surface area contributed by atoms with E-state index in [9.17, 15) is 0 Å². The summed E-state index contributed by atoms with van der Waals surface area (Å²) in [5, 5.41) is 9.61. The number of hydrogen-bond acceptors (Lipinski definition) is 2. The van der Waals surface area contributed by atoms with Crippen molar-refractivity contribution in [1.29, 1.82) is 0 Å². The highest BCUT2D eigenvalue weighted by atomic mass is 16.3. The maximum atomic E-state index is 6.41. The molecule has 0 saturated carbocycles. The largest absolute Gasteiger partial charge is 0.456 e. The lowest BCUT2D eigenvalue weighted by molar-refractivity contribution is 0.669. The maximum Gasteiger partial charge on any atom is 0.136 e. The molecule has 0 spiro atoms. The van der Waals surface area contributed by atoms with Crippen LogP contribution >= 0.6 is 0 Å². The summed E-state index contributed by atoms with van der Waals surface area (Å²) in [6, 6.07) is 50.7. The zero-order chi connectivity index (χ0) is 33.6. The van der Waals surface area contributed by atoms with Gasteiger partial charge in [0.05, 0.1) is 0 Å². The van der Waals surface area contributed by atoms with E-state index in [1.807, 2.05) is 12.1 Å². The molecule has 0 unspecified atom stereocenters. The van der Waals surface area contributed by atoms with Crippen LogP contribution in [0, 0.1) is 6.92 Å². The molecule has 51 heavy (non-hydrogen) atoms. The fraction of sp³-hybridized carbons (Fsp3) is 0.0612. The van der Waals surface area contributed by atoms with Gasteiger partial charge in [-0.2, -0.15) is 0 Å². The van der Waals surface area contributed by atoms with E-state index in [-0.39, 0.29) is 0 Å². The molecule has 2 aromatic heterocycles. The van der Waals surface area contributed by atoms with E-state index >= 15 is 0 Å². The summed E-state index contributed by atoms with van der Waals surface area (Å²) in [7, 11) is 0. The van der Waals surface area contributed by atoms with E-state index in [0.717, 1.165) is 56.7 Å². The molecule has 10 aromatic rings. The lowest BCUT2D eigenvalue weighted by atomic mass is 9.79. The molecule has 0 radical (unpaired) electrons. The molecule has 2 heteroatoms. The first kappa shape index (κ1) is 28.5. The second-order valence-corrected chi connectivity index (χ2v) is 14.0. The number of benzene rings is 8. The molecule has 1 aliphatic carbocycles. The van der Waals surface area contributed by atoms with Crippen LogP contribution < -0.4 is 0 Å². The van der Waals surface area contributed by atoms with Crippen molar-refractivity contribution >= 4 is 71.5 Å². The lowest BCUT2D eigenvalue weighted by Gasteiger charge is -2.24. The topological polar surface area (TPSA) is 26.3 Å². The molecule has 2 nitrogen and oxygen atoms in total. The highest BCUT2D eigenvalue weighted by Crippen LogP contribution is 2.47. The highest BCUT2D eigenvalue weighted by molar-refractivity contribution is 6.14.